The average molecular weight is 268 g/mol. The monoisotopic (exact) mass is 268 g/mol. The third-order valence-electron chi connectivity index (χ3n) is 1.69. The van der Waals surface area contributed by atoms with Crippen molar-refractivity contribution in [3.63, 3.8) is 0 Å². The second-order valence-corrected chi connectivity index (χ2v) is 6.34. The van der Waals surface area contributed by atoms with E-state index in [0.717, 1.165) is 0 Å². The zero-order valence-electron chi connectivity index (χ0n) is 10.9. The van der Waals surface area contributed by atoms with Crippen molar-refractivity contribution in [3.8, 4) is 0 Å². The number of hydrogen-bond acceptors (Lipinski definition) is 6. The highest BCUT2D eigenvalue weighted by Crippen LogP contribution is 2.47. The molecule has 7 nitrogen and oxygen atoms in total. The van der Waals surface area contributed by atoms with Gasteiger partial charge in [0.1, 0.15) is 6.04 Å². The molecule has 1 atom stereocenters. The van der Waals surface area contributed by atoms with Crippen molar-refractivity contribution >= 4 is 13.7 Å². The highest BCUT2D eigenvalue weighted by Gasteiger charge is 2.27. The molecule has 1 amide bonds. The molecule has 0 aliphatic heterocycles. The lowest BCUT2D eigenvalue weighted by Crippen LogP contribution is -2.50. The fraction of sp³-hybridized carbons (Fsp3) is 0.889. The summed E-state index contributed by atoms with van der Waals surface area (Å²) in [6, 6.07) is -0.937. The van der Waals surface area contributed by atoms with Crippen LogP contribution in [0.2, 0.25) is 0 Å². The predicted octanol–water partition coefficient (Wildman–Crippen LogP) is 0.646. The Labute approximate surface area is 102 Å². The van der Waals surface area contributed by atoms with Gasteiger partial charge < -0.3 is 11.1 Å². The summed E-state index contributed by atoms with van der Waals surface area (Å²) >= 11 is 0. The molecule has 0 saturated heterocycles. The average Bonchev–Trinajstić information content (AvgIpc) is 2.23. The summed E-state index contributed by atoms with van der Waals surface area (Å²) in [7, 11) is -1.21. The van der Waals surface area contributed by atoms with Gasteiger partial charge in [0.25, 0.3) is 0 Å². The number of nitrogens with two attached hydrogens (primary N) is 1. The van der Waals surface area contributed by atoms with Crippen LogP contribution < -0.4 is 11.1 Å². The molecule has 0 saturated carbocycles. The minimum Gasteiger partial charge on any atom is -0.350 e. The zero-order valence-corrected chi connectivity index (χ0v) is 11.7. The Morgan fingerprint density at radius 3 is 2.18 bits per heavy atom. The zero-order chi connectivity index (χ0) is 13.7. The molecule has 0 aromatic carbocycles. The van der Waals surface area contributed by atoms with Gasteiger partial charge in [-0.15, -0.1) is 0 Å². The number of amides is 1. The highest BCUT2D eigenvalue weighted by atomic mass is 31.2. The van der Waals surface area contributed by atoms with E-state index < -0.39 is 19.8 Å². The summed E-state index contributed by atoms with van der Waals surface area (Å²) in [5.74, 6) is -0.392. The molecule has 0 aromatic rings. The lowest BCUT2D eigenvalue weighted by Gasteiger charge is -2.23. The molecule has 0 radical (unpaired) electrons. The molecule has 3 N–H and O–H groups in total. The number of rotatable bonds is 6. The lowest BCUT2D eigenvalue weighted by molar-refractivity contribution is -0.124. The third kappa shape index (κ3) is 6.75. The maximum atomic E-state index is 11.6. The van der Waals surface area contributed by atoms with Gasteiger partial charge in [0, 0.05) is 19.8 Å². The number of nitrogens with one attached hydrogen (secondary N) is 1. The lowest BCUT2D eigenvalue weighted by atomic mass is 10.1. The van der Waals surface area contributed by atoms with E-state index in [2.05, 4.69) is 14.4 Å². The molecule has 8 heteroatoms. The topological polar surface area (TPSA) is 99.9 Å². The minimum atomic E-state index is -3.59. The van der Waals surface area contributed by atoms with E-state index >= 15 is 0 Å². The maximum Gasteiger partial charge on any atom is 0.474 e. The van der Waals surface area contributed by atoms with Gasteiger partial charge in [-0.3, -0.25) is 18.4 Å². The van der Waals surface area contributed by atoms with E-state index in [9.17, 15) is 9.36 Å². The normalized spacial score (nSPS) is 14.5. The Balaban J connectivity index is 4.23. The Hall–Kier alpha value is -0.460. The third-order valence-corrected chi connectivity index (χ3v) is 3.05. The van der Waals surface area contributed by atoms with Gasteiger partial charge in [0.05, 0.1) is 6.61 Å². The first-order valence-electron chi connectivity index (χ1n) is 5.07. The van der Waals surface area contributed by atoms with Crippen LogP contribution in [-0.2, 0) is 22.9 Å². The molecular weight excluding hydrogens is 247 g/mol. The highest BCUT2D eigenvalue weighted by molar-refractivity contribution is 7.48. The van der Waals surface area contributed by atoms with E-state index in [4.69, 9.17) is 10.3 Å². The number of carbonyl (C=O) groups excluding carboxylic acids is 1. The number of hydrogen-bond donors (Lipinski definition) is 2. The molecule has 0 bridgehead atoms. The number of phosphoric ester groups is 1. The Bertz CT molecular complexity index is 294. The first-order chi connectivity index (χ1) is 7.63. The summed E-state index contributed by atoms with van der Waals surface area (Å²) < 4.78 is 25.4. The van der Waals surface area contributed by atoms with Crippen LogP contribution in [0.1, 0.15) is 20.8 Å². The molecule has 102 valence electrons. The van der Waals surface area contributed by atoms with Crippen molar-refractivity contribution < 1.29 is 22.9 Å². The van der Waals surface area contributed by atoms with Crippen LogP contribution in [0.15, 0.2) is 0 Å². The van der Waals surface area contributed by atoms with Gasteiger partial charge in [0.15, 0.2) is 0 Å². The van der Waals surface area contributed by atoms with E-state index in [0.29, 0.717) is 0 Å². The number of phosphoric acid groups is 1. The van der Waals surface area contributed by atoms with Gasteiger partial charge in [-0.1, -0.05) is 0 Å². The van der Waals surface area contributed by atoms with Gasteiger partial charge >= 0.3 is 7.82 Å². The molecular formula is C9H21N2O5P. The smallest absolute Gasteiger partial charge is 0.350 e. The second kappa shape index (κ2) is 6.47. The fourth-order valence-corrected chi connectivity index (χ4v) is 1.59. The first kappa shape index (κ1) is 16.5. The summed E-state index contributed by atoms with van der Waals surface area (Å²) in [4.78, 5) is 11.6. The molecule has 0 aliphatic carbocycles. The van der Waals surface area contributed by atoms with Gasteiger partial charge in [0.2, 0.25) is 5.91 Å². The van der Waals surface area contributed by atoms with Crippen LogP contribution in [0.4, 0.5) is 0 Å². The van der Waals surface area contributed by atoms with Crippen LogP contribution in [-0.4, -0.2) is 38.3 Å². The van der Waals surface area contributed by atoms with E-state index in [1.165, 1.54) is 14.2 Å². The van der Waals surface area contributed by atoms with Crippen molar-refractivity contribution in [1.29, 1.82) is 0 Å². The fourth-order valence-electron chi connectivity index (χ4n) is 0.890. The molecule has 0 aromatic heterocycles. The SMILES string of the molecule is COP(=O)(OC)OC[C@H](N)C(=O)NC(C)(C)C. The van der Waals surface area contributed by atoms with Crippen LogP contribution in [0.25, 0.3) is 0 Å². The minimum absolute atomic E-state index is 0.249. The quantitative estimate of drug-likeness (QED) is 0.686. The molecule has 17 heavy (non-hydrogen) atoms. The van der Waals surface area contributed by atoms with E-state index in [1.54, 1.807) is 0 Å². The molecule has 0 heterocycles. The predicted molar refractivity (Wildman–Crippen MR) is 63.4 cm³/mol. The van der Waals surface area contributed by atoms with E-state index in [1.807, 2.05) is 20.8 Å². The molecule has 0 spiro atoms. The number of carbonyl (C=O) groups is 1. The van der Waals surface area contributed by atoms with Crippen molar-refractivity contribution in [2.24, 2.45) is 5.73 Å². The van der Waals surface area contributed by atoms with Gasteiger partial charge in [-0.25, -0.2) is 4.57 Å². The second-order valence-electron chi connectivity index (χ2n) is 4.45. The summed E-state index contributed by atoms with van der Waals surface area (Å²) in [6.45, 7) is 5.23. The molecule has 0 rings (SSSR count). The van der Waals surface area contributed by atoms with Crippen molar-refractivity contribution in [2.45, 2.75) is 32.4 Å². The first-order valence-corrected chi connectivity index (χ1v) is 6.53. The largest absolute Gasteiger partial charge is 0.474 e. The van der Waals surface area contributed by atoms with Gasteiger partial charge in [-0.05, 0) is 20.8 Å². The summed E-state index contributed by atoms with van der Waals surface area (Å²) in [5, 5.41) is 2.68. The van der Waals surface area contributed by atoms with Crippen LogP contribution in [0.5, 0.6) is 0 Å². The maximum absolute atomic E-state index is 11.6. The molecule has 0 unspecified atom stereocenters. The standard InChI is InChI=1S/C9H21N2O5P/c1-9(2,3)11-8(12)7(10)6-16-17(13,14-4)15-5/h7H,6,10H2,1-5H3,(H,11,12)/t7-/m0/s1. The Morgan fingerprint density at radius 1 is 1.35 bits per heavy atom. The van der Waals surface area contributed by atoms with Crippen molar-refractivity contribution in [2.75, 3.05) is 20.8 Å². The Morgan fingerprint density at radius 2 is 1.82 bits per heavy atom. The van der Waals surface area contributed by atoms with Crippen molar-refractivity contribution in [1.82, 2.24) is 5.32 Å². The van der Waals surface area contributed by atoms with Crippen molar-refractivity contribution in [3.05, 3.63) is 0 Å². The van der Waals surface area contributed by atoms with Gasteiger partial charge in [-0.2, -0.15) is 0 Å². The van der Waals surface area contributed by atoms with Crippen LogP contribution >= 0.6 is 7.82 Å². The van der Waals surface area contributed by atoms with Crippen LogP contribution in [0.3, 0.4) is 0 Å². The summed E-state index contributed by atoms with van der Waals surface area (Å²) in [6.07, 6.45) is 0. The van der Waals surface area contributed by atoms with Crippen LogP contribution in [0, 0.1) is 0 Å². The summed E-state index contributed by atoms with van der Waals surface area (Å²) in [5.41, 5.74) is 5.18. The molecule has 0 fully saturated rings. The molecule has 0 aliphatic rings. The Kier molecular flexibility index (Phi) is 6.29. The van der Waals surface area contributed by atoms with E-state index in [-0.39, 0.29) is 12.1 Å².